The summed E-state index contributed by atoms with van der Waals surface area (Å²) in [5, 5.41) is 22.4. The van der Waals surface area contributed by atoms with Crippen LogP contribution in [0.2, 0.25) is 0 Å². The van der Waals surface area contributed by atoms with E-state index in [-0.39, 0.29) is 36.6 Å². The third-order valence-corrected chi connectivity index (χ3v) is 3.99. The summed E-state index contributed by atoms with van der Waals surface area (Å²) in [4.78, 5) is 45.3. The first-order valence-electron chi connectivity index (χ1n) is 8.49. The number of carbonyl (C=O) groups excluding carboxylic acids is 1. The standard InChI is InChI=1S/C17H21N3O7/c1-10(2)8-12(16(22)23)18-15(21)4-3-7-19-13-6-5-11(20(25)26)9-14(13)27-17(19)24/h5-6,9-10,12H,3-4,7-8H2,1-2H3,(H,18,21)(H,22,23)/t12-/m0/s1. The maximum Gasteiger partial charge on any atom is 0.419 e. The highest BCUT2D eigenvalue weighted by molar-refractivity contribution is 5.83. The fraction of sp³-hybridized carbons (Fsp3) is 0.471. The summed E-state index contributed by atoms with van der Waals surface area (Å²) < 4.78 is 6.30. The van der Waals surface area contributed by atoms with Crippen LogP contribution >= 0.6 is 0 Å². The van der Waals surface area contributed by atoms with Crippen LogP contribution in [0.5, 0.6) is 0 Å². The molecule has 0 aliphatic rings. The minimum Gasteiger partial charge on any atom is -0.480 e. The van der Waals surface area contributed by atoms with Crippen molar-refractivity contribution in [2.45, 2.75) is 45.7 Å². The first-order valence-corrected chi connectivity index (χ1v) is 8.49. The number of nitrogens with one attached hydrogen (secondary N) is 1. The van der Waals surface area contributed by atoms with Crippen LogP contribution < -0.4 is 11.1 Å². The summed E-state index contributed by atoms with van der Waals surface area (Å²) >= 11 is 0. The molecule has 1 atom stereocenters. The molecule has 2 N–H and O–H groups in total. The van der Waals surface area contributed by atoms with E-state index in [1.54, 1.807) is 0 Å². The number of carbonyl (C=O) groups is 2. The Balaban J connectivity index is 1.99. The number of fused-ring (bicyclic) bond motifs is 1. The molecule has 1 amide bonds. The van der Waals surface area contributed by atoms with Crippen molar-refractivity contribution in [1.82, 2.24) is 9.88 Å². The molecule has 0 saturated heterocycles. The fourth-order valence-electron chi connectivity index (χ4n) is 2.74. The minimum absolute atomic E-state index is 0.0357. The third kappa shape index (κ3) is 5.16. The average molecular weight is 379 g/mol. The zero-order chi connectivity index (χ0) is 20.1. The summed E-state index contributed by atoms with van der Waals surface area (Å²) in [6.07, 6.45) is 0.644. The maximum absolute atomic E-state index is 12.0. The molecule has 146 valence electrons. The van der Waals surface area contributed by atoms with Gasteiger partial charge in [0.15, 0.2) is 5.58 Å². The first kappa shape index (κ1) is 20.1. The van der Waals surface area contributed by atoms with Gasteiger partial charge in [-0.15, -0.1) is 0 Å². The number of hydrogen-bond donors (Lipinski definition) is 2. The van der Waals surface area contributed by atoms with Gasteiger partial charge in [0, 0.05) is 19.0 Å². The number of rotatable bonds is 9. The van der Waals surface area contributed by atoms with E-state index in [9.17, 15) is 24.5 Å². The Hall–Kier alpha value is -3.17. The summed E-state index contributed by atoms with van der Waals surface area (Å²) in [6, 6.07) is 2.91. The monoisotopic (exact) mass is 379 g/mol. The Kier molecular flexibility index (Phi) is 6.32. The number of nitrogens with zero attached hydrogens (tertiary/aromatic N) is 2. The molecule has 0 saturated carbocycles. The predicted molar refractivity (Wildman–Crippen MR) is 95.4 cm³/mol. The van der Waals surface area contributed by atoms with Gasteiger partial charge in [0.25, 0.3) is 5.69 Å². The van der Waals surface area contributed by atoms with Gasteiger partial charge in [0.05, 0.1) is 16.5 Å². The Morgan fingerprint density at radius 1 is 1.37 bits per heavy atom. The van der Waals surface area contributed by atoms with Crippen molar-refractivity contribution in [2.75, 3.05) is 0 Å². The lowest BCUT2D eigenvalue weighted by Gasteiger charge is -2.16. The van der Waals surface area contributed by atoms with Gasteiger partial charge in [0.2, 0.25) is 5.91 Å². The molecule has 0 bridgehead atoms. The van der Waals surface area contributed by atoms with E-state index >= 15 is 0 Å². The number of hydrogen-bond acceptors (Lipinski definition) is 6. The van der Waals surface area contributed by atoms with Gasteiger partial charge in [-0.1, -0.05) is 13.8 Å². The summed E-state index contributed by atoms with van der Waals surface area (Å²) in [5.41, 5.74) is 0.309. The maximum atomic E-state index is 12.0. The average Bonchev–Trinajstić information content (AvgIpc) is 2.88. The lowest BCUT2D eigenvalue weighted by molar-refractivity contribution is -0.384. The number of nitro benzene ring substituents is 1. The number of oxazole rings is 1. The molecule has 1 aromatic carbocycles. The molecule has 0 fully saturated rings. The van der Waals surface area contributed by atoms with Crippen LogP contribution in [0, 0.1) is 16.0 Å². The summed E-state index contributed by atoms with van der Waals surface area (Å²) in [7, 11) is 0. The number of amides is 1. The predicted octanol–water partition coefficient (Wildman–Crippen LogP) is 1.90. The summed E-state index contributed by atoms with van der Waals surface area (Å²) in [5.74, 6) is -2.06. The molecular formula is C17H21N3O7. The lowest BCUT2D eigenvalue weighted by Crippen LogP contribution is -2.41. The van der Waals surface area contributed by atoms with Crippen molar-refractivity contribution in [3.8, 4) is 0 Å². The van der Waals surface area contributed by atoms with Crippen molar-refractivity contribution in [3.05, 3.63) is 38.9 Å². The highest BCUT2D eigenvalue weighted by atomic mass is 16.6. The molecule has 2 aromatic rings. The Morgan fingerprint density at radius 3 is 2.67 bits per heavy atom. The van der Waals surface area contributed by atoms with Crippen LogP contribution in [-0.2, 0) is 16.1 Å². The van der Waals surface area contributed by atoms with Crippen molar-refractivity contribution in [3.63, 3.8) is 0 Å². The zero-order valence-corrected chi connectivity index (χ0v) is 15.0. The topological polar surface area (TPSA) is 145 Å². The van der Waals surface area contributed by atoms with E-state index in [0.717, 1.165) is 0 Å². The van der Waals surface area contributed by atoms with E-state index in [4.69, 9.17) is 9.52 Å². The Labute approximate surface area is 153 Å². The van der Waals surface area contributed by atoms with Crippen LogP contribution in [0.25, 0.3) is 11.1 Å². The van der Waals surface area contributed by atoms with Crippen LogP contribution in [0.4, 0.5) is 5.69 Å². The van der Waals surface area contributed by atoms with Gasteiger partial charge in [0.1, 0.15) is 6.04 Å². The zero-order valence-electron chi connectivity index (χ0n) is 15.0. The first-order chi connectivity index (χ1) is 12.7. The number of benzene rings is 1. The second-order valence-electron chi connectivity index (χ2n) is 6.62. The number of carboxylic acids is 1. The highest BCUT2D eigenvalue weighted by Crippen LogP contribution is 2.20. The summed E-state index contributed by atoms with van der Waals surface area (Å²) in [6.45, 7) is 3.89. The van der Waals surface area contributed by atoms with Crippen LogP contribution in [-0.4, -0.2) is 32.5 Å². The molecule has 1 aromatic heterocycles. The van der Waals surface area contributed by atoms with Gasteiger partial charge in [-0.05, 0) is 24.8 Å². The molecule has 10 nitrogen and oxygen atoms in total. The number of aliphatic carboxylic acids is 1. The smallest absolute Gasteiger partial charge is 0.419 e. The minimum atomic E-state index is -1.09. The molecule has 0 unspecified atom stereocenters. The van der Waals surface area contributed by atoms with Gasteiger partial charge >= 0.3 is 11.7 Å². The normalized spacial score (nSPS) is 12.3. The van der Waals surface area contributed by atoms with E-state index in [1.165, 1.54) is 22.8 Å². The largest absolute Gasteiger partial charge is 0.480 e. The fourth-order valence-corrected chi connectivity index (χ4v) is 2.74. The lowest BCUT2D eigenvalue weighted by atomic mass is 10.0. The number of non-ortho nitro benzene ring substituents is 1. The van der Waals surface area contributed by atoms with Crippen molar-refractivity contribution < 1.29 is 24.0 Å². The van der Waals surface area contributed by atoms with Crippen LogP contribution in [0.15, 0.2) is 27.4 Å². The Morgan fingerprint density at radius 2 is 2.07 bits per heavy atom. The second kappa shape index (κ2) is 8.47. The van der Waals surface area contributed by atoms with Gasteiger partial charge in [-0.25, -0.2) is 9.59 Å². The van der Waals surface area contributed by atoms with Crippen LogP contribution in [0.1, 0.15) is 33.1 Å². The van der Waals surface area contributed by atoms with Gasteiger partial charge in [-0.2, -0.15) is 0 Å². The van der Waals surface area contributed by atoms with E-state index in [0.29, 0.717) is 11.9 Å². The molecule has 0 spiro atoms. The van der Waals surface area contributed by atoms with Gasteiger partial charge < -0.3 is 14.8 Å². The number of carboxylic acid groups (broad SMARTS) is 1. The SMILES string of the molecule is CC(C)C[C@H](NC(=O)CCCn1c(=O)oc2cc([N+](=O)[O-])ccc21)C(=O)O. The molecule has 10 heteroatoms. The van der Waals surface area contributed by atoms with E-state index in [1.807, 2.05) is 13.8 Å². The number of nitro groups is 1. The van der Waals surface area contributed by atoms with Crippen molar-refractivity contribution in [1.29, 1.82) is 0 Å². The molecule has 0 aliphatic carbocycles. The molecule has 2 rings (SSSR count). The van der Waals surface area contributed by atoms with E-state index < -0.39 is 28.6 Å². The Bertz CT molecular complexity index is 913. The highest BCUT2D eigenvalue weighted by Gasteiger charge is 2.21. The van der Waals surface area contributed by atoms with Gasteiger partial charge in [-0.3, -0.25) is 19.5 Å². The van der Waals surface area contributed by atoms with Crippen molar-refractivity contribution >= 4 is 28.7 Å². The molecule has 0 aliphatic heterocycles. The van der Waals surface area contributed by atoms with Crippen LogP contribution in [0.3, 0.4) is 0 Å². The van der Waals surface area contributed by atoms with E-state index in [2.05, 4.69) is 5.32 Å². The molecular weight excluding hydrogens is 358 g/mol. The quantitative estimate of drug-likeness (QED) is 0.500. The third-order valence-electron chi connectivity index (χ3n) is 3.99. The number of aryl methyl sites for hydroxylation is 1. The molecule has 1 heterocycles. The molecule has 0 radical (unpaired) electrons. The second-order valence-corrected chi connectivity index (χ2v) is 6.62. The van der Waals surface area contributed by atoms with Crippen molar-refractivity contribution in [2.24, 2.45) is 5.92 Å². The molecule has 27 heavy (non-hydrogen) atoms. The number of aromatic nitrogens is 1.